The second-order valence-corrected chi connectivity index (χ2v) is 11.2. The van der Waals surface area contributed by atoms with E-state index < -0.39 is 23.6 Å². The number of rotatable bonds is 16. The molecular weight excluding hydrogens is 624 g/mol. The van der Waals surface area contributed by atoms with Crippen LogP contribution in [0.1, 0.15) is 51.2 Å². The summed E-state index contributed by atoms with van der Waals surface area (Å²) in [6.45, 7) is 5.28. The van der Waals surface area contributed by atoms with E-state index in [1.807, 2.05) is 55.5 Å². The molecular formula is C33H38N6O9. The van der Waals surface area contributed by atoms with Crippen molar-refractivity contribution in [1.82, 2.24) is 30.5 Å². The zero-order chi connectivity index (χ0) is 34.6. The van der Waals surface area contributed by atoms with Crippen molar-refractivity contribution in [1.29, 1.82) is 0 Å². The van der Waals surface area contributed by atoms with Crippen molar-refractivity contribution in [3.63, 3.8) is 0 Å². The van der Waals surface area contributed by atoms with Crippen molar-refractivity contribution in [2.24, 2.45) is 5.92 Å². The summed E-state index contributed by atoms with van der Waals surface area (Å²) in [5.74, 6) is -0.981. The zero-order valence-electron chi connectivity index (χ0n) is 26.8. The molecule has 1 aromatic heterocycles. The second kappa shape index (κ2) is 17.1. The lowest BCUT2D eigenvalue weighted by Gasteiger charge is -2.32. The highest BCUT2D eigenvalue weighted by atomic mass is 17.1. The molecule has 0 aliphatic carbocycles. The van der Waals surface area contributed by atoms with Gasteiger partial charge < -0.3 is 19.5 Å². The van der Waals surface area contributed by atoms with Gasteiger partial charge in [0.05, 0.1) is 12.0 Å². The number of carbonyl (C=O) groups excluding carboxylic acids is 2. The second-order valence-electron chi connectivity index (χ2n) is 11.2. The number of tetrazole rings is 1. The van der Waals surface area contributed by atoms with Gasteiger partial charge in [-0.05, 0) is 51.9 Å². The van der Waals surface area contributed by atoms with Gasteiger partial charge in [0.1, 0.15) is 11.8 Å². The van der Waals surface area contributed by atoms with E-state index in [2.05, 4.69) is 20.2 Å². The van der Waals surface area contributed by atoms with Crippen LogP contribution in [-0.4, -0.2) is 70.1 Å². The van der Waals surface area contributed by atoms with Crippen molar-refractivity contribution >= 4 is 18.0 Å². The topological polar surface area (TPSA) is 190 Å². The first-order chi connectivity index (χ1) is 23.0. The smallest absolute Gasteiger partial charge is 0.480 e. The van der Waals surface area contributed by atoms with Crippen LogP contribution in [0.25, 0.3) is 22.5 Å². The number of unbranched alkanes of at least 4 members (excludes halogenated alkanes) is 1. The van der Waals surface area contributed by atoms with Crippen LogP contribution < -0.4 is 4.74 Å². The van der Waals surface area contributed by atoms with Crippen LogP contribution in [0.2, 0.25) is 0 Å². The van der Waals surface area contributed by atoms with Crippen LogP contribution in [0, 0.1) is 5.92 Å². The number of ether oxygens (including phenoxy) is 2. The average molecular weight is 663 g/mol. The van der Waals surface area contributed by atoms with Crippen molar-refractivity contribution in [3.05, 3.63) is 83.9 Å². The van der Waals surface area contributed by atoms with Gasteiger partial charge in [-0.1, -0.05) is 87.9 Å². The molecule has 4 aromatic rings. The highest BCUT2D eigenvalue weighted by molar-refractivity contribution is 5.84. The summed E-state index contributed by atoms with van der Waals surface area (Å²) in [5, 5.41) is 39.2. The van der Waals surface area contributed by atoms with E-state index in [0.717, 1.165) is 27.9 Å². The number of nitrogens with zero attached hydrogens (tertiary/aromatic N) is 6. The predicted octanol–water partition coefficient (Wildman–Crippen LogP) is 5.32. The molecule has 1 amide bonds. The molecule has 254 valence electrons. The molecule has 0 unspecified atom stereocenters. The molecule has 3 aromatic carbocycles. The minimum absolute atomic E-state index is 0.111. The summed E-state index contributed by atoms with van der Waals surface area (Å²) >= 11 is 0. The fourth-order valence-electron chi connectivity index (χ4n) is 4.94. The monoisotopic (exact) mass is 662 g/mol. The summed E-state index contributed by atoms with van der Waals surface area (Å²) < 4.78 is 10.2. The first kappa shape index (κ1) is 35.6. The van der Waals surface area contributed by atoms with Crippen LogP contribution in [0.15, 0.2) is 72.8 Å². The van der Waals surface area contributed by atoms with Crippen molar-refractivity contribution in [2.75, 3.05) is 0 Å². The maximum absolute atomic E-state index is 13.1. The number of aromatic nitrogens is 4. The number of amides is 1. The Balaban J connectivity index is 1.42. The Hall–Kier alpha value is -5.22. The maximum atomic E-state index is 13.1. The molecule has 15 heteroatoms. The van der Waals surface area contributed by atoms with Gasteiger partial charge in [0.25, 0.3) is 0 Å². The number of carboxylic acid groups (broad SMARTS) is 1. The summed E-state index contributed by atoms with van der Waals surface area (Å²) in [4.78, 5) is 44.4. The van der Waals surface area contributed by atoms with Gasteiger partial charge in [0.2, 0.25) is 18.5 Å². The van der Waals surface area contributed by atoms with Crippen LogP contribution >= 0.6 is 0 Å². The number of hydrogen-bond donors (Lipinski definition) is 3. The van der Waals surface area contributed by atoms with Gasteiger partial charge in [0, 0.05) is 18.5 Å². The van der Waals surface area contributed by atoms with E-state index >= 15 is 0 Å². The number of aliphatic carboxylic acids is 1. The number of carbonyl (C=O) groups is 3. The maximum Gasteiger partial charge on any atom is 0.515 e. The Morgan fingerprint density at radius 1 is 0.917 bits per heavy atom. The Morgan fingerprint density at radius 3 is 2.21 bits per heavy atom. The SMILES string of the molecule is CCCCC(=O)N(Cc1ccc(-c2ccccc2-c2nnn(COC(=O)Oc3ccc(CON(O)O)cc3)n2)cc1)[C@H](C(=O)O)C(C)C. The highest BCUT2D eigenvalue weighted by Gasteiger charge is 2.32. The Labute approximate surface area is 276 Å². The molecule has 3 N–H and O–H groups in total. The highest BCUT2D eigenvalue weighted by Crippen LogP contribution is 2.30. The van der Waals surface area contributed by atoms with E-state index in [-0.39, 0.29) is 37.5 Å². The van der Waals surface area contributed by atoms with E-state index in [1.54, 1.807) is 26.0 Å². The van der Waals surface area contributed by atoms with Gasteiger partial charge in [-0.15, -0.1) is 15.0 Å². The third kappa shape index (κ3) is 9.89. The molecule has 0 saturated carbocycles. The van der Waals surface area contributed by atoms with Gasteiger partial charge in [-0.2, -0.15) is 0 Å². The van der Waals surface area contributed by atoms with Crippen molar-refractivity contribution in [3.8, 4) is 28.3 Å². The van der Waals surface area contributed by atoms with E-state index in [1.165, 1.54) is 17.0 Å². The fourth-order valence-corrected chi connectivity index (χ4v) is 4.94. The molecule has 0 radical (unpaired) electrons. The van der Waals surface area contributed by atoms with E-state index in [0.29, 0.717) is 29.8 Å². The molecule has 1 atom stereocenters. The Morgan fingerprint density at radius 2 is 1.58 bits per heavy atom. The number of carboxylic acids is 1. The molecule has 1 heterocycles. The predicted molar refractivity (Wildman–Crippen MR) is 169 cm³/mol. The largest absolute Gasteiger partial charge is 0.515 e. The lowest BCUT2D eigenvalue weighted by atomic mass is 9.97. The fraction of sp³-hybridized carbons (Fsp3) is 0.333. The first-order valence-corrected chi connectivity index (χ1v) is 15.3. The molecule has 0 saturated heterocycles. The molecule has 0 fully saturated rings. The summed E-state index contributed by atoms with van der Waals surface area (Å²) in [6, 6.07) is 20.1. The van der Waals surface area contributed by atoms with Gasteiger partial charge >= 0.3 is 12.1 Å². The van der Waals surface area contributed by atoms with Crippen molar-refractivity contribution in [2.45, 2.75) is 66.0 Å². The van der Waals surface area contributed by atoms with Gasteiger partial charge in [-0.3, -0.25) is 15.2 Å². The third-order valence-corrected chi connectivity index (χ3v) is 7.29. The minimum Gasteiger partial charge on any atom is -0.480 e. The average Bonchev–Trinajstić information content (AvgIpc) is 3.54. The van der Waals surface area contributed by atoms with Crippen LogP contribution in [0.3, 0.4) is 0 Å². The zero-order valence-corrected chi connectivity index (χ0v) is 26.8. The quantitative estimate of drug-likeness (QED) is 0.0795. The van der Waals surface area contributed by atoms with Crippen LogP contribution in [-0.2, 0) is 39.0 Å². The Bertz CT molecular complexity index is 1660. The van der Waals surface area contributed by atoms with Crippen LogP contribution in [0.4, 0.5) is 4.79 Å². The molecule has 15 nitrogen and oxygen atoms in total. The van der Waals surface area contributed by atoms with E-state index in [4.69, 9.17) is 19.9 Å². The number of hydrogen-bond acceptors (Lipinski definition) is 12. The lowest BCUT2D eigenvalue weighted by Crippen LogP contribution is -2.47. The lowest BCUT2D eigenvalue weighted by molar-refractivity contribution is -0.497. The van der Waals surface area contributed by atoms with Crippen molar-refractivity contribution < 1.29 is 44.2 Å². The molecule has 0 spiro atoms. The normalized spacial score (nSPS) is 11.8. The molecule has 0 aliphatic rings. The molecule has 4 rings (SSSR count). The standard InChI is InChI=1S/C33H38N6O9/c1-4-5-10-29(40)37(30(22(2)3)32(41)42)19-23-11-15-25(16-12-23)27-8-6-7-9-28(27)31-34-36-38(35-31)21-46-33(43)48-26-17-13-24(14-18-26)20-47-39(44)45/h6-9,11-18,22,30,44-45H,4-5,10,19-21H2,1-3H3,(H,41,42)/t30-/m0/s1. The van der Waals surface area contributed by atoms with Gasteiger partial charge in [-0.25, -0.2) is 14.4 Å². The summed E-state index contributed by atoms with van der Waals surface area (Å²) in [5.41, 5.74) is 3.72. The van der Waals surface area contributed by atoms with Gasteiger partial charge in [0.15, 0.2) is 0 Å². The third-order valence-electron chi connectivity index (χ3n) is 7.29. The first-order valence-electron chi connectivity index (χ1n) is 15.3. The Kier molecular flexibility index (Phi) is 12.7. The summed E-state index contributed by atoms with van der Waals surface area (Å²) in [6.07, 6.45) is 0.821. The summed E-state index contributed by atoms with van der Waals surface area (Å²) in [7, 11) is 0. The molecule has 0 aliphatic heterocycles. The molecule has 0 bridgehead atoms. The number of benzene rings is 3. The van der Waals surface area contributed by atoms with E-state index in [9.17, 15) is 19.5 Å². The minimum atomic E-state index is -1.03. The molecule has 48 heavy (non-hydrogen) atoms. The van der Waals surface area contributed by atoms with Crippen LogP contribution in [0.5, 0.6) is 5.75 Å².